The van der Waals surface area contributed by atoms with Crippen LogP contribution in [0.2, 0.25) is 10.0 Å². The van der Waals surface area contributed by atoms with Crippen molar-refractivity contribution in [2.75, 3.05) is 13.7 Å². The number of carbonyl (C=O) groups is 1. The second-order valence-corrected chi connectivity index (χ2v) is 12.2. The van der Waals surface area contributed by atoms with E-state index in [2.05, 4.69) is 15.9 Å². The minimum absolute atomic E-state index is 0.245. The van der Waals surface area contributed by atoms with Gasteiger partial charge in [0.2, 0.25) is 0 Å². The quantitative estimate of drug-likeness (QED) is 0.179. The number of rotatable bonds is 9. The number of nitrogens with zero attached hydrogens (tertiary/aromatic N) is 2. The summed E-state index contributed by atoms with van der Waals surface area (Å²) in [6.45, 7) is 4.47. The van der Waals surface area contributed by atoms with Crippen molar-refractivity contribution in [1.29, 1.82) is 0 Å². The minimum atomic E-state index is -0.662. The third-order valence-corrected chi connectivity index (χ3v) is 9.07. The normalized spacial score (nSPS) is 14.7. The lowest BCUT2D eigenvalue weighted by molar-refractivity contribution is -0.136. The van der Waals surface area contributed by atoms with Gasteiger partial charge >= 0.3 is 5.97 Å². The fourth-order valence-electron chi connectivity index (χ4n) is 4.83. The van der Waals surface area contributed by atoms with E-state index < -0.39 is 12.0 Å². The SMILES string of the molecule is CCOc1cc(/C=c2/sc3n(c2=O)[C@H](c2ccccc2)C(C(=O)OC)=C(CC)N=3)cc(Br)c1OCc1ccc(Cl)c(Cl)c1. The highest BCUT2D eigenvalue weighted by atomic mass is 79.9. The number of esters is 1. The molecule has 0 unspecified atom stereocenters. The first-order chi connectivity index (χ1) is 20.7. The van der Waals surface area contributed by atoms with Crippen molar-refractivity contribution in [2.24, 2.45) is 4.99 Å². The maximum atomic E-state index is 13.9. The van der Waals surface area contributed by atoms with Crippen molar-refractivity contribution in [3.8, 4) is 11.5 Å². The number of ether oxygens (including phenoxy) is 3. The Morgan fingerprint density at radius 1 is 1.07 bits per heavy atom. The summed E-state index contributed by atoms with van der Waals surface area (Å²) in [5.41, 5.74) is 3.06. The van der Waals surface area contributed by atoms with E-state index in [1.807, 2.05) is 62.4 Å². The van der Waals surface area contributed by atoms with Crippen molar-refractivity contribution in [1.82, 2.24) is 4.57 Å². The molecule has 1 aliphatic rings. The van der Waals surface area contributed by atoms with Gasteiger partial charge in [0.1, 0.15) is 6.61 Å². The molecule has 0 fully saturated rings. The van der Waals surface area contributed by atoms with Crippen LogP contribution in [0.3, 0.4) is 0 Å². The molecule has 0 saturated heterocycles. The number of methoxy groups -OCH3 is 1. The third kappa shape index (κ3) is 6.45. The van der Waals surface area contributed by atoms with Gasteiger partial charge in [-0.25, -0.2) is 9.79 Å². The average Bonchev–Trinajstić information content (AvgIpc) is 3.31. The summed E-state index contributed by atoms with van der Waals surface area (Å²) >= 11 is 17.1. The van der Waals surface area contributed by atoms with E-state index in [1.54, 1.807) is 22.8 Å². The molecule has 1 aliphatic heterocycles. The number of benzene rings is 3. The summed E-state index contributed by atoms with van der Waals surface area (Å²) in [4.78, 5) is 32.2. The van der Waals surface area contributed by atoms with E-state index in [0.29, 0.717) is 59.6 Å². The summed E-state index contributed by atoms with van der Waals surface area (Å²) in [6, 6.07) is 17.8. The van der Waals surface area contributed by atoms with Crippen LogP contribution in [0.1, 0.15) is 43.0 Å². The number of hydrogen-bond acceptors (Lipinski definition) is 7. The maximum Gasteiger partial charge on any atom is 0.338 e. The molecule has 0 aliphatic carbocycles. The van der Waals surface area contributed by atoms with E-state index in [1.165, 1.54) is 18.4 Å². The van der Waals surface area contributed by atoms with Crippen LogP contribution in [0.5, 0.6) is 11.5 Å². The van der Waals surface area contributed by atoms with Crippen LogP contribution in [0.4, 0.5) is 0 Å². The van der Waals surface area contributed by atoms with Crippen LogP contribution in [0, 0.1) is 0 Å². The Hall–Kier alpha value is -3.37. The van der Waals surface area contributed by atoms with Crippen molar-refractivity contribution in [3.05, 3.63) is 123 Å². The molecule has 1 aromatic heterocycles. The van der Waals surface area contributed by atoms with Gasteiger partial charge in [-0.3, -0.25) is 9.36 Å². The van der Waals surface area contributed by atoms with Gasteiger partial charge in [0, 0.05) is 0 Å². The Morgan fingerprint density at radius 3 is 2.51 bits per heavy atom. The first kappa shape index (κ1) is 31.1. The number of hydrogen-bond donors (Lipinski definition) is 0. The fraction of sp³-hybridized carbons (Fsp3) is 0.219. The van der Waals surface area contributed by atoms with Gasteiger partial charge in [0.25, 0.3) is 5.56 Å². The monoisotopic (exact) mass is 700 g/mol. The van der Waals surface area contributed by atoms with Gasteiger partial charge in [-0.2, -0.15) is 0 Å². The van der Waals surface area contributed by atoms with Gasteiger partial charge < -0.3 is 14.2 Å². The molecule has 7 nitrogen and oxygen atoms in total. The molecule has 3 aromatic carbocycles. The zero-order chi connectivity index (χ0) is 30.7. The molecule has 0 radical (unpaired) electrons. The van der Waals surface area contributed by atoms with Gasteiger partial charge in [-0.15, -0.1) is 0 Å². The summed E-state index contributed by atoms with van der Waals surface area (Å²) in [7, 11) is 1.33. The molecule has 0 bridgehead atoms. The topological polar surface area (TPSA) is 79.1 Å². The van der Waals surface area contributed by atoms with E-state index in [9.17, 15) is 9.59 Å². The summed E-state index contributed by atoms with van der Waals surface area (Å²) in [5.74, 6) is 0.524. The molecule has 2 heterocycles. The smallest absolute Gasteiger partial charge is 0.338 e. The molecular weight excluding hydrogens is 675 g/mol. The van der Waals surface area contributed by atoms with Crippen LogP contribution in [0.25, 0.3) is 6.08 Å². The Bertz CT molecular complexity index is 1900. The van der Waals surface area contributed by atoms with Gasteiger partial charge in [-0.1, -0.05) is 77.9 Å². The summed E-state index contributed by atoms with van der Waals surface area (Å²) in [6.07, 6.45) is 2.29. The molecule has 43 heavy (non-hydrogen) atoms. The third-order valence-electron chi connectivity index (χ3n) is 6.76. The van der Waals surface area contributed by atoms with Crippen molar-refractivity contribution >= 4 is 62.5 Å². The van der Waals surface area contributed by atoms with Gasteiger partial charge in [0.05, 0.1) is 50.1 Å². The van der Waals surface area contributed by atoms with Gasteiger partial charge in [0.15, 0.2) is 16.3 Å². The second-order valence-electron chi connectivity index (χ2n) is 9.50. The van der Waals surface area contributed by atoms with Crippen molar-refractivity contribution in [2.45, 2.75) is 32.9 Å². The molecule has 0 amide bonds. The number of fused-ring (bicyclic) bond motifs is 1. The highest BCUT2D eigenvalue weighted by Crippen LogP contribution is 2.38. The van der Waals surface area contributed by atoms with Crippen LogP contribution in [-0.4, -0.2) is 24.3 Å². The van der Waals surface area contributed by atoms with Crippen molar-refractivity contribution < 1.29 is 19.0 Å². The molecule has 222 valence electrons. The number of carbonyl (C=O) groups excluding carboxylic acids is 1. The maximum absolute atomic E-state index is 13.9. The second kappa shape index (κ2) is 13.5. The van der Waals surface area contributed by atoms with E-state index in [4.69, 9.17) is 42.4 Å². The van der Waals surface area contributed by atoms with E-state index in [0.717, 1.165) is 16.7 Å². The van der Waals surface area contributed by atoms with Crippen LogP contribution >= 0.6 is 50.5 Å². The van der Waals surface area contributed by atoms with E-state index >= 15 is 0 Å². The first-order valence-electron chi connectivity index (χ1n) is 13.5. The summed E-state index contributed by atoms with van der Waals surface area (Å²) in [5, 5.41) is 0.918. The lowest BCUT2D eigenvalue weighted by Crippen LogP contribution is -2.40. The lowest BCUT2D eigenvalue weighted by Gasteiger charge is -2.25. The predicted molar refractivity (Wildman–Crippen MR) is 173 cm³/mol. The highest BCUT2D eigenvalue weighted by Gasteiger charge is 2.33. The Morgan fingerprint density at radius 2 is 1.84 bits per heavy atom. The number of halogens is 3. The van der Waals surface area contributed by atoms with Crippen molar-refractivity contribution in [3.63, 3.8) is 0 Å². The molecule has 1 atom stereocenters. The minimum Gasteiger partial charge on any atom is -0.490 e. The molecule has 11 heteroatoms. The molecule has 5 rings (SSSR count). The fourth-order valence-corrected chi connectivity index (χ4v) is 6.74. The Balaban J connectivity index is 1.58. The lowest BCUT2D eigenvalue weighted by atomic mass is 9.95. The number of allylic oxidation sites excluding steroid dienone is 1. The first-order valence-corrected chi connectivity index (χ1v) is 15.8. The van der Waals surface area contributed by atoms with Crippen LogP contribution < -0.4 is 24.4 Å². The van der Waals surface area contributed by atoms with Crippen LogP contribution in [-0.2, 0) is 16.1 Å². The highest BCUT2D eigenvalue weighted by molar-refractivity contribution is 9.10. The van der Waals surface area contributed by atoms with Gasteiger partial charge in [-0.05, 0) is 76.3 Å². The number of thiazole rings is 1. The molecule has 0 N–H and O–H groups in total. The average molecular weight is 702 g/mol. The predicted octanol–water partition coefficient (Wildman–Crippen LogP) is 6.85. The molecular formula is C32H27BrCl2N2O5S. The standard InChI is InChI=1S/C32H27BrCl2N2O5S/c1-4-24-27(31(39)40-3)28(20-9-7-6-8-10-20)37-30(38)26(43-32(37)36-24)16-19-13-21(33)29(25(15-19)41-5-2)42-17-18-11-12-22(34)23(35)14-18/h6-16,28H,4-5,17H2,1-3H3/b26-16+/t28-/m1/s1. The zero-order valence-corrected chi connectivity index (χ0v) is 27.4. The Labute approximate surface area is 270 Å². The molecule has 0 spiro atoms. The Kier molecular flexibility index (Phi) is 9.76. The number of aromatic nitrogens is 1. The molecule has 4 aromatic rings. The molecule has 0 saturated carbocycles. The largest absolute Gasteiger partial charge is 0.490 e. The summed E-state index contributed by atoms with van der Waals surface area (Å²) < 4.78 is 19.8. The van der Waals surface area contributed by atoms with E-state index in [-0.39, 0.29) is 12.2 Å². The van der Waals surface area contributed by atoms with Crippen LogP contribution in [0.15, 0.2) is 86.2 Å². The zero-order valence-electron chi connectivity index (χ0n) is 23.5.